The van der Waals surface area contributed by atoms with E-state index in [1.807, 2.05) is 38.2 Å². The molecule has 6 nitrogen and oxygen atoms in total. The molecule has 3 rings (SSSR count). The predicted molar refractivity (Wildman–Crippen MR) is 104 cm³/mol. The third-order valence-corrected chi connectivity index (χ3v) is 4.43. The molecule has 0 bridgehead atoms. The maximum absolute atomic E-state index is 9.59. The molecular formula is C20H35N3O3. The topological polar surface area (TPSA) is 77.7 Å². The summed E-state index contributed by atoms with van der Waals surface area (Å²) < 4.78 is 11.4. The molecule has 2 N–H and O–H groups in total. The van der Waals surface area contributed by atoms with Gasteiger partial charge < -0.3 is 15.2 Å². The molecule has 0 aromatic carbocycles. The summed E-state index contributed by atoms with van der Waals surface area (Å²) in [5.74, 6) is -0.245. The fourth-order valence-corrected chi connectivity index (χ4v) is 2.96. The minimum Gasteiger partial charge on any atom is -0.381 e. The SMILES string of the molecule is CC.CCC(N)=O.c1ccc(CO[C@@H]2CCN(C3CCOCC3)C2)nc1. The highest BCUT2D eigenvalue weighted by atomic mass is 16.5. The minimum atomic E-state index is -0.245. The lowest BCUT2D eigenvalue weighted by Crippen LogP contribution is -2.38. The zero-order chi connectivity index (χ0) is 19.2. The molecular weight excluding hydrogens is 330 g/mol. The average Bonchev–Trinajstić information content (AvgIpc) is 3.19. The highest BCUT2D eigenvalue weighted by Crippen LogP contribution is 2.22. The van der Waals surface area contributed by atoms with Gasteiger partial charge in [-0.25, -0.2) is 0 Å². The van der Waals surface area contributed by atoms with Crippen molar-refractivity contribution in [1.82, 2.24) is 9.88 Å². The molecule has 0 aliphatic carbocycles. The second kappa shape index (κ2) is 13.7. The number of pyridine rings is 1. The van der Waals surface area contributed by atoms with Crippen LogP contribution in [0.25, 0.3) is 0 Å². The van der Waals surface area contributed by atoms with E-state index in [2.05, 4.69) is 15.6 Å². The zero-order valence-electron chi connectivity index (χ0n) is 16.5. The Morgan fingerprint density at radius 3 is 2.58 bits per heavy atom. The van der Waals surface area contributed by atoms with Crippen LogP contribution in [0.1, 0.15) is 52.1 Å². The first kappa shape index (κ1) is 22.5. The number of likely N-dealkylation sites (tertiary alicyclic amines) is 1. The summed E-state index contributed by atoms with van der Waals surface area (Å²) in [7, 11) is 0. The molecule has 6 heteroatoms. The van der Waals surface area contributed by atoms with Gasteiger partial charge in [0.05, 0.1) is 18.4 Å². The Kier molecular flexibility index (Phi) is 11.9. The summed E-state index contributed by atoms with van der Waals surface area (Å²) in [5.41, 5.74) is 5.67. The van der Waals surface area contributed by atoms with Gasteiger partial charge in [0.25, 0.3) is 0 Å². The molecule has 148 valence electrons. The Labute approximate surface area is 158 Å². The van der Waals surface area contributed by atoms with Gasteiger partial charge in [-0.3, -0.25) is 14.7 Å². The second-order valence-corrected chi connectivity index (χ2v) is 6.20. The van der Waals surface area contributed by atoms with Crippen LogP contribution in [-0.2, 0) is 20.9 Å². The molecule has 26 heavy (non-hydrogen) atoms. The molecule has 0 spiro atoms. The van der Waals surface area contributed by atoms with Crippen LogP contribution in [0.15, 0.2) is 24.4 Å². The van der Waals surface area contributed by atoms with Crippen LogP contribution in [0.2, 0.25) is 0 Å². The first-order valence-electron chi connectivity index (χ1n) is 9.80. The highest BCUT2D eigenvalue weighted by Gasteiger charge is 2.29. The van der Waals surface area contributed by atoms with Gasteiger partial charge in [0.15, 0.2) is 0 Å². The van der Waals surface area contributed by atoms with E-state index in [0.717, 1.165) is 38.4 Å². The van der Waals surface area contributed by atoms with Crippen molar-refractivity contribution in [3.63, 3.8) is 0 Å². The molecule has 1 aromatic rings. The number of primary amides is 1. The number of carbonyl (C=O) groups excluding carboxylic acids is 1. The molecule has 3 heterocycles. The van der Waals surface area contributed by atoms with Crippen molar-refractivity contribution in [2.24, 2.45) is 5.73 Å². The lowest BCUT2D eigenvalue weighted by atomic mass is 10.1. The quantitative estimate of drug-likeness (QED) is 0.868. The van der Waals surface area contributed by atoms with Crippen molar-refractivity contribution < 1.29 is 14.3 Å². The number of rotatable bonds is 5. The fourth-order valence-electron chi connectivity index (χ4n) is 2.96. The Morgan fingerprint density at radius 1 is 1.31 bits per heavy atom. The summed E-state index contributed by atoms with van der Waals surface area (Å²) in [5, 5.41) is 0. The molecule has 1 amide bonds. The normalized spacial score (nSPS) is 20.5. The van der Waals surface area contributed by atoms with E-state index in [9.17, 15) is 4.79 Å². The Morgan fingerprint density at radius 2 is 2.00 bits per heavy atom. The lowest BCUT2D eigenvalue weighted by Gasteiger charge is -2.30. The Balaban J connectivity index is 0.000000420. The van der Waals surface area contributed by atoms with Crippen molar-refractivity contribution in [1.29, 1.82) is 0 Å². The average molecular weight is 366 g/mol. The van der Waals surface area contributed by atoms with Gasteiger partial charge in [-0.15, -0.1) is 0 Å². The van der Waals surface area contributed by atoms with Crippen LogP contribution >= 0.6 is 0 Å². The smallest absolute Gasteiger partial charge is 0.217 e. The van der Waals surface area contributed by atoms with E-state index in [1.54, 1.807) is 6.92 Å². The van der Waals surface area contributed by atoms with Gasteiger partial charge in [-0.2, -0.15) is 0 Å². The summed E-state index contributed by atoms with van der Waals surface area (Å²) in [6.45, 7) is 10.4. The molecule has 2 aliphatic heterocycles. The Bertz CT molecular complexity index is 478. The maximum atomic E-state index is 9.59. The van der Waals surface area contributed by atoms with E-state index in [0.29, 0.717) is 25.2 Å². The van der Waals surface area contributed by atoms with Crippen LogP contribution in [0.3, 0.4) is 0 Å². The van der Waals surface area contributed by atoms with Crippen LogP contribution in [0.4, 0.5) is 0 Å². The molecule has 0 radical (unpaired) electrons. The maximum Gasteiger partial charge on any atom is 0.217 e. The van der Waals surface area contributed by atoms with E-state index in [-0.39, 0.29) is 5.91 Å². The van der Waals surface area contributed by atoms with E-state index >= 15 is 0 Å². The van der Waals surface area contributed by atoms with Crippen molar-refractivity contribution in [3.05, 3.63) is 30.1 Å². The molecule has 0 unspecified atom stereocenters. The van der Waals surface area contributed by atoms with Crippen LogP contribution in [-0.4, -0.2) is 54.2 Å². The number of nitrogens with zero attached hydrogens (tertiary/aromatic N) is 2. The van der Waals surface area contributed by atoms with Crippen LogP contribution in [0, 0.1) is 0 Å². The minimum absolute atomic E-state index is 0.245. The van der Waals surface area contributed by atoms with Gasteiger partial charge in [0.1, 0.15) is 0 Å². The van der Waals surface area contributed by atoms with Crippen molar-refractivity contribution in [2.45, 2.75) is 65.2 Å². The van der Waals surface area contributed by atoms with Gasteiger partial charge in [0.2, 0.25) is 5.91 Å². The lowest BCUT2D eigenvalue weighted by molar-refractivity contribution is -0.117. The number of carbonyl (C=O) groups is 1. The third kappa shape index (κ3) is 8.74. The number of amides is 1. The molecule has 1 aromatic heterocycles. The molecule has 2 fully saturated rings. The number of ether oxygens (including phenoxy) is 2. The summed E-state index contributed by atoms with van der Waals surface area (Å²) >= 11 is 0. The van der Waals surface area contributed by atoms with Crippen LogP contribution in [0.5, 0.6) is 0 Å². The fraction of sp³-hybridized carbons (Fsp3) is 0.700. The van der Waals surface area contributed by atoms with E-state index in [4.69, 9.17) is 9.47 Å². The number of nitrogens with two attached hydrogens (primary N) is 1. The van der Waals surface area contributed by atoms with Gasteiger partial charge >= 0.3 is 0 Å². The van der Waals surface area contributed by atoms with Crippen LogP contribution < -0.4 is 5.73 Å². The second-order valence-electron chi connectivity index (χ2n) is 6.20. The van der Waals surface area contributed by atoms with E-state index in [1.165, 1.54) is 12.8 Å². The van der Waals surface area contributed by atoms with Crippen molar-refractivity contribution in [3.8, 4) is 0 Å². The first-order valence-corrected chi connectivity index (χ1v) is 9.80. The Hall–Kier alpha value is -1.50. The summed E-state index contributed by atoms with van der Waals surface area (Å²) in [6, 6.07) is 6.67. The number of aromatic nitrogens is 1. The summed E-state index contributed by atoms with van der Waals surface area (Å²) in [4.78, 5) is 16.5. The summed E-state index contributed by atoms with van der Waals surface area (Å²) in [6.07, 6.45) is 6.12. The zero-order valence-corrected chi connectivity index (χ0v) is 16.5. The molecule has 1 atom stereocenters. The van der Waals surface area contributed by atoms with Crippen molar-refractivity contribution >= 4 is 5.91 Å². The van der Waals surface area contributed by atoms with Gasteiger partial charge in [-0.05, 0) is 31.4 Å². The van der Waals surface area contributed by atoms with E-state index < -0.39 is 0 Å². The van der Waals surface area contributed by atoms with Gasteiger partial charge in [0, 0.05) is 45.0 Å². The van der Waals surface area contributed by atoms with Crippen molar-refractivity contribution in [2.75, 3.05) is 26.3 Å². The molecule has 2 saturated heterocycles. The number of hydrogen-bond acceptors (Lipinski definition) is 5. The predicted octanol–water partition coefficient (Wildman–Crippen LogP) is 2.76. The molecule has 0 saturated carbocycles. The third-order valence-electron chi connectivity index (χ3n) is 4.43. The monoisotopic (exact) mass is 365 g/mol. The standard InChI is InChI=1S/C15H22N2O2.C3H7NO.C2H6/c1-2-7-16-13(3-1)12-19-15-4-8-17(11-15)14-5-9-18-10-6-14;1-2-3(4)5;1-2/h1-3,7,14-15H,4-6,8-12H2;2H2,1H3,(H2,4,5);1-2H3/t15-;;/m1../s1. The van der Waals surface area contributed by atoms with Gasteiger partial charge in [-0.1, -0.05) is 26.8 Å². The first-order chi connectivity index (χ1) is 12.7. The highest BCUT2D eigenvalue weighted by molar-refractivity contribution is 5.73. The molecule has 2 aliphatic rings. The largest absolute Gasteiger partial charge is 0.381 e. The number of hydrogen-bond donors (Lipinski definition) is 1.